The van der Waals surface area contributed by atoms with Crippen molar-refractivity contribution in [2.24, 2.45) is 28.1 Å². The van der Waals surface area contributed by atoms with E-state index in [1.54, 1.807) is 0 Å². The first-order chi connectivity index (χ1) is 20.4. The van der Waals surface area contributed by atoms with E-state index in [1.807, 2.05) is 0 Å². The Bertz CT molecular complexity index is 1350. The zero-order valence-electron chi connectivity index (χ0n) is 32.2. The monoisotopic (exact) mass is 641 g/mol. The van der Waals surface area contributed by atoms with Gasteiger partial charge in [-0.15, -0.1) is 0 Å². The summed E-state index contributed by atoms with van der Waals surface area (Å²) in [5, 5.41) is 0. The van der Waals surface area contributed by atoms with Gasteiger partial charge in [-0.05, 0) is 89.4 Å². The van der Waals surface area contributed by atoms with Crippen LogP contribution in [0.2, 0.25) is 0 Å². The third kappa shape index (κ3) is 11.0. The van der Waals surface area contributed by atoms with Crippen molar-refractivity contribution in [2.45, 2.75) is 149 Å². The first-order valence-corrected chi connectivity index (χ1v) is 17.3. The van der Waals surface area contributed by atoms with Crippen molar-refractivity contribution in [3.05, 3.63) is 118 Å². The van der Waals surface area contributed by atoms with Crippen LogP contribution in [0.1, 0.15) is 152 Å². The summed E-state index contributed by atoms with van der Waals surface area (Å²) in [4.78, 5) is 0. The summed E-state index contributed by atoms with van der Waals surface area (Å²) >= 11 is 0. The summed E-state index contributed by atoms with van der Waals surface area (Å²) in [6.07, 6.45) is 2.23. The van der Waals surface area contributed by atoms with Gasteiger partial charge in [0, 0.05) is 5.41 Å². The molecule has 47 heavy (non-hydrogen) atoms. The lowest BCUT2D eigenvalue weighted by atomic mass is 9.48. The minimum absolute atomic E-state index is 0. The van der Waals surface area contributed by atoms with E-state index in [0.29, 0.717) is 5.92 Å². The Morgan fingerprint density at radius 3 is 1.49 bits per heavy atom. The van der Waals surface area contributed by atoms with Crippen molar-refractivity contribution in [3.63, 3.8) is 0 Å². The van der Waals surface area contributed by atoms with Crippen LogP contribution in [0.5, 0.6) is 0 Å². The molecule has 0 N–H and O–H groups in total. The first-order valence-electron chi connectivity index (χ1n) is 17.3. The van der Waals surface area contributed by atoms with Crippen molar-refractivity contribution in [1.29, 1.82) is 0 Å². The lowest BCUT2D eigenvalue weighted by Crippen LogP contribution is -2.50. The third-order valence-electron chi connectivity index (χ3n) is 10.8. The van der Waals surface area contributed by atoms with Crippen LogP contribution >= 0.6 is 0 Å². The molecule has 0 aromatic heterocycles. The zero-order chi connectivity index (χ0) is 34.6. The number of hydrogen-bond acceptors (Lipinski definition) is 0. The largest absolute Gasteiger partial charge is 0.0998 e. The second-order valence-corrected chi connectivity index (χ2v) is 17.9. The Hall–Kier alpha value is -2.60. The van der Waals surface area contributed by atoms with Crippen LogP contribution in [-0.2, 0) is 17.3 Å². The van der Waals surface area contributed by atoms with Gasteiger partial charge in [0.15, 0.2) is 0 Å². The van der Waals surface area contributed by atoms with E-state index in [4.69, 9.17) is 0 Å². The highest BCUT2D eigenvalue weighted by atomic mass is 14.6. The van der Waals surface area contributed by atoms with Gasteiger partial charge in [-0.3, -0.25) is 0 Å². The Morgan fingerprint density at radius 2 is 1.09 bits per heavy atom. The highest BCUT2D eigenvalue weighted by Gasteiger charge is 2.51. The van der Waals surface area contributed by atoms with E-state index in [-0.39, 0.29) is 41.9 Å². The first kappa shape index (κ1) is 44.4. The molecule has 0 aliphatic carbocycles. The molecule has 0 aliphatic rings. The van der Waals surface area contributed by atoms with Gasteiger partial charge in [0.2, 0.25) is 0 Å². The van der Waals surface area contributed by atoms with E-state index < -0.39 is 0 Å². The lowest BCUT2D eigenvalue weighted by Gasteiger charge is -2.57. The molecule has 0 radical (unpaired) electrons. The number of benzene rings is 3. The van der Waals surface area contributed by atoms with Crippen LogP contribution in [-0.4, -0.2) is 0 Å². The molecule has 0 saturated carbocycles. The van der Waals surface area contributed by atoms with Crippen LogP contribution in [0.25, 0.3) is 0 Å². The summed E-state index contributed by atoms with van der Waals surface area (Å²) in [6, 6.07) is 27.1. The number of aryl methyl sites for hydroxylation is 2. The van der Waals surface area contributed by atoms with Crippen LogP contribution in [0.4, 0.5) is 0 Å². The van der Waals surface area contributed by atoms with Crippen LogP contribution in [0.15, 0.2) is 84.9 Å². The van der Waals surface area contributed by atoms with Gasteiger partial charge >= 0.3 is 0 Å². The predicted octanol–water partition coefficient (Wildman–Crippen LogP) is 14.7. The van der Waals surface area contributed by atoms with Crippen molar-refractivity contribution in [2.75, 3.05) is 0 Å². The van der Waals surface area contributed by atoms with Gasteiger partial charge in [0.25, 0.3) is 0 Å². The number of rotatable bonds is 8. The van der Waals surface area contributed by atoms with Crippen molar-refractivity contribution in [1.82, 2.24) is 0 Å². The topological polar surface area (TPSA) is 0 Å². The summed E-state index contributed by atoms with van der Waals surface area (Å²) in [5.41, 5.74) is 10.4. The average molecular weight is 641 g/mol. The number of allylic oxidation sites excluding steroid dienone is 1. The molecule has 2 unspecified atom stereocenters. The zero-order valence-corrected chi connectivity index (χ0v) is 32.2. The summed E-state index contributed by atoms with van der Waals surface area (Å²) in [6.45, 7) is 41.6. The second kappa shape index (κ2) is 16.7. The third-order valence-corrected chi connectivity index (χ3v) is 10.8. The van der Waals surface area contributed by atoms with Gasteiger partial charge in [-0.2, -0.15) is 0 Å². The Kier molecular flexibility index (Phi) is 15.8. The van der Waals surface area contributed by atoms with Crippen molar-refractivity contribution < 1.29 is 0 Å². The predicted molar refractivity (Wildman–Crippen MR) is 216 cm³/mol. The Morgan fingerprint density at radius 1 is 0.617 bits per heavy atom. The molecule has 0 aliphatic heterocycles. The molecule has 264 valence electrons. The molecule has 2 atom stereocenters. The molecule has 3 aromatic carbocycles. The van der Waals surface area contributed by atoms with Crippen LogP contribution in [0, 0.1) is 41.9 Å². The molecule has 3 rings (SSSR count). The SMILES string of the molecule is C.C.C=C(C)C(CC(C)C)C(C)(C(C)(C)C)C(C)(C)C.Cc1ccc(C(C)(Cc2ccccc2)c2cc(C)cc(C(C)(C)C)c2)cc1. The summed E-state index contributed by atoms with van der Waals surface area (Å²) < 4.78 is 0. The molecule has 0 bridgehead atoms. The van der Waals surface area contributed by atoms with Gasteiger partial charge < -0.3 is 0 Å². The van der Waals surface area contributed by atoms with Crippen molar-refractivity contribution in [3.8, 4) is 0 Å². The molecule has 0 amide bonds. The summed E-state index contributed by atoms with van der Waals surface area (Å²) in [5.74, 6) is 1.30. The maximum Gasteiger partial charge on any atom is 0.0215 e. The van der Waals surface area contributed by atoms with Gasteiger partial charge in [-0.25, -0.2) is 0 Å². The van der Waals surface area contributed by atoms with Gasteiger partial charge in [0.1, 0.15) is 0 Å². The van der Waals surface area contributed by atoms with E-state index in [9.17, 15) is 0 Å². The fraction of sp³-hybridized carbons (Fsp3) is 0.574. The minimum Gasteiger partial charge on any atom is -0.0998 e. The maximum absolute atomic E-state index is 4.30. The Labute approximate surface area is 294 Å². The van der Waals surface area contributed by atoms with E-state index in [1.165, 1.54) is 45.4 Å². The molecule has 0 saturated heterocycles. The molecule has 0 fully saturated rings. The quantitative estimate of drug-likeness (QED) is 0.215. The number of hydrogen-bond donors (Lipinski definition) is 0. The van der Waals surface area contributed by atoms with Gasteiger partial charge in [-0.1, -0.05) is 201 Å². The fourth-order valence-corrected chi connectivity index (χ4v) is 7.40. The van der Waals surface area contributed by atoms with Crippen molar-refractivity contribution >= 4 is 0 Å². The smallest absolute Gasteiger partial charge is 0.0215 e. The normalized spacial score (nSPS) is 14.1. The second-order valence-electron chi connectivity index (χ2n) is 17.9. The fourth-order valence-electron chi connectivity index (χ4n) is 7.40. The van der Waals surface area contributed by atoms with Crippen LogP contribution in [0.3, 0.4) is 0 Å². The standard InChI is InChI=1S/C27H32.C18H36.2CH4/c1-20-12-14-23(15-13-20)27(6,19-22-10-8-7-9-11-22)25-17-21(2)16-24(18-25)26(3,4)5;1-13(2)12-15(14(3)4)18(11,16(5,6)7)17(8,9)10;;/h7-18H,19H2,1-6H3;13,15H,3,12H2,1-2,4-11H3;2*1H4. The van der Waals surface area contributed by atoms with E-state index in [2.05, 4.69) is 190 Å². The lowest BCUT2D eigenvalue weighted by molar-refractivity contribution is -0.0620. The Balaban J connectivity index is 0.000000937. The molecular formula is C47H76. The average Bonchev–Trinajstić information content (AvgIpc) is 2.90. The molecular weight excluding hydrogens is 565 g/mol. The molecule has 0 spiro atoms. The molecule has 0 nitrogen and oxygen atoms in total. The highest BCUT2D eigenvalue weighted by Crippen LogP contribution is 2.59. The maximum atomic E-state index is 4.30. The van der Waals surface area contributed by atoms with Crippen LogP contribution < -0.4 is 0 Å². The highest BCUT2D eigenvalue weighted by molar-refractivity contribution is 5.46. The van der Waals surface area contributed by atoms with E-state index >= 15 is 0 Å². The molecule has 3 aromatic rings. The molecule has 0 heterocycles. The summed E-state index contributed by atoms with van der Waals surface area (Å²) in [7, 11) is 0. The molecule has 0 heteroatoms. The van der Waals surface area contributed by atoms with E-state index in [0.717, 1.165) is 12.3 Å². The van der Waals surface area contributed by atoms with Gasteiger partial charge in [0.05, 0.1) is 0 Å². The minimum atomic E-state index is -0.0684.